The monoisotopic (exact) mass is 150 g/mol. The largest absolute Gasteiger partial charge is 0.464 e. The van der Waals surface area contributed by atoms with Gasteiger partial charge in [-0.1, -0.05) is 0 Å². The zero-order valence-corrected chi connectivity index (χ0v) is 6.59. The summed E-state index contributed by atoms with van der Waals surface area (Å²) in [5.41, 5.74) is 0. The minimum Gasteiger partial charge on any atom is -0.464 e. The molecule has 1 rings (SSSR count). The van der Waals surface area contributed by atoms with Gasteiger partial charge >= 0.3 is 0 Å². The van der Waals surface area contributed by atoms with E-state index in [1.165, 1.54) is 0 Å². The van der Waals surface area contributed by atoms with Crippen LogP contribution in [-0.4, -0.2) is 0 Å². The molecule has 1 aromatic rings. The Bertz CT molecular complexity index is 272. The molecule has 0 aliphatic rings. The smallest absolute Gasteiger partial charge is 0.177 e. The van der Waals surface area contributed by atoms with E-state index >= 15 is 0 Å². The quantitative estimate of drug-likeness (QED) is 0.515. The van der Waals surface area contributed by atoms with Gasteiger partial charge in [0, 0.05) is 0 Å². The van der Waals surface area contributed by atoms with E-state index in [0.29, 0.717) is 0 Å². The molecule has 58 valence electrons. The first kappa shape index (κ1) is 7.67. The van der Waals surface area contributed by atoms with Crippen molar-refractivity contribution in [3.8, 4) is 6.19 Å². The average Bonchev–Trinajstić information content (AvgIpc) is 2.36. The van der Waals surface area contributed by atoms with Crippen LogP contribution in [0.2, 0.25) is 0 Å². The summed E-state index contributed by atoms with van der Waals surface area (Å²) in [6.07, 6.45) is 1.87. The van der Waals surface area contributed by atoms with Gasteiger partial charge in [0.25, 0.3) is 0 Å². The van der Waals surface area contributed by atoms with Gasteiger partial charge in [-0.05, 0) is 26.0 Å². The molecule has 0 amide bonds. The van der Waals surface area contributed by atoms with Crippen LogP contribution in [0.3, 0.4) is 0 Å². The first-order chi connectivity index (χ1) is 5.24. The molecule has 1 atom stereocenters. The average molecular weight is 150 g/mol. The molecule has 0 aliphatic heterocycles. The number of rotatable bonds is 2. The molecule has 0 bridgehead atoms. The minimum atomic E-state index is -0.0336. The predicted molar refractivity (Wildman–Crippen MR) is 40.6 cm³/mol. The van der Waals surface area contributed by atoms with Crippen molar-refractivity contribution in [1.82, 2.24) is 5.32 Å². The van der Waals surface area contributed by atoms with Crippen molar-refractivity contribution in [2.45, 2.75) is 19.9 Å². The summed E-state index contributed by atoms with van der Waals surface area (Å²) in [6.45, 7) is 3.75. The number of furan rings is 1. The van der Waals surface area contributed by atoms with E-state index in [1.807, 2.05) is 32.2 Å². The van der Waals surface area contributed by atoms with Gasteiger partial charge in [0.05, 0.1) is 6.04 Å². The minimum absolute atomic E-state index is 0.0336. The summed E-state index contributed by atoms with van der Waals surface area (Å²) >= 11 is 0. The van der Waals surface area contributed by atoms with E-state index in [-0.39, 0.29) is 6.04 Å². The van der Waals surface area contributed by atoms with Gasteiger partial charge in [0.1, 0.15) is 11.5 Å². The molecular weight excluding hydrogens is 140 g/mol. The van der Waals surface area contributed by atoms with Crippen molar-refractivity contribution >= 4 is 0 Å². The van der Waals surface area contributed by atoms with E-state index < -0.39 is 0 Å². The highest BCUT2D eigenvalue weighted by Gasteiger charge is 2.06. The molecule has 0 spiro atoms. The number of hydrogen-bond acceptors (Lipinski definition) is 3. The Morgan fingerprint density at radius 2 is 2.36 bits per heavy atom. The standard InChI is InChI=1S/C8H10N2O/c1-6-3-4-8(11-6)7(2)10-5-9/h3-4,7,10H,1-2H3. The Morgan fingerprint density at radius 3 is 2.82 bits per heavy atom. The number of nitrogens with zero attached hydrogens (tertiary/aromatic N) is 1. The van der Waals surface area contributed by atoms with E-state index in [9.17, 15) is 0 Å². The van der Waals surface area contributed by atoms with Crippen molar-refractivity contribution in [3.05, 3.63) is 23.7 Å². The summed E-state index contributed by atoms with van der Waals surface area (Å²) in [5, 5.41) is 10.9. The second-order valence-electron chi connectivity index (χ2n) is 2.43. The van der Waals surface area contributed by atoms with E-state index in [0.717, 1.165) is 11.5 Å². The van der Waals surface area contributed by atoms with E-state index in [2.05, 4.69) is 5.32 Å². The van der Waals surface area contributed by atoms with Crippen LogP contribution in [0.25, 0.3) is 0 Å². The van der Waals surface area contributed by atoms with Crippen molar-refractivity contribution in [1.29, 1.82) is 5.26 Å². The molecule has 0 saturated carbocycles. The Kier molecular flexibility index (Phi) is 2.17. The van der Waals surface area contributed by atoms with Gasteiger partial charge in [-0.25, -0.2) is 0 Å². The number of nitriles is 1. The van der Waals surface area contributed by atoms with Crippen LogP contribution < -0.4 is 5.32 Å². The highest BCUT2D eigenvalue weighted by Crippen LogP contribution is 2.14. The highest BCUT2D eigenvalue weighted by atomic mass is 16.3. The fraction of sp³-hybridized carbons (Fsp3) is 0.375. The number of aryl methyl sites for hydroxylation is 1. The molecular formula is C8H10N2O. The molecule has 0 aliphatic carbocycles. The Balaban J connectivity index is 2.70. The summed E-state index contributed by atoms with van der Waals surface area (Å²) in [7, 11) is 0. The molecule has 0 fully saturated rings. The lowest BCUT2D eigenvalue weighted by Crippen LogP contribution is -2.10. The molecule has 0 saturated heterocycles. The molecule has 3 nitrogen and oxygen atoms in total. The maximum absolute atomic E-state index is 8.30. The topological polar surface area (TPSA) is 49.0 Å². The van der Waals surface area contributed by atoms with Gasteiger partial charge in [-0.15, -0.1) is 0 Å². The molecule has 11 heavy (non-hydrogen) atoms. The fourth-order valence-corrected chi connectivity index (χ4v) is 0.854. The summed E-state index contributed by atoms with van der Waals surface area (Å²) < 4.78 is 5.28. The summed E-state index contributed by atoms with van der Waals surface area (Å²) in [5.74, 6) is 1.66. The third-order valence-electron chi connectivity index (χ3n) is 1.47. The van der Waals surface area contributed by atoms with Crippen LogP contribution in [0.1, 0.15) is 24.5 Å². The zero-order valence-electron chi connectivity index (χ0n) is 6.59. The first-order valence-corrected chi connectivity index (χ1v) is 3.45. The fourth-order valence-electron chi connectivity index (χ4n) is 0.854. The normalized spacial score (nSPS) is 12.1. The van der Waals surface area contributed by atoms with Gasteiger partial charge in [0.15, 0.2) is 6.19 Å². The molecule has 1 heterocycles. The molecule has 0 radical (unpaired) electrons. The van der Waals surface area contributed by atoms with Crippen molar-refractivity contribution in [3.63, 3.8) is 0 Å². The third-order valence-corrected chi connectivity index (χ3v) is 1.47. The summed E-state index contributed by atoms with van der Waals surface area (Å²) in [6, 6.07) is 3.71. The van der Waals surface area contributed by atoms with E-state index in [4.69, 9.17) is 9.68 Å². The lowest BCUT2D eigenvalue weighted by Gasteiger charge is -2.03. The van der Waals surface area contributed by atoms with Crippen molar-refractivity contribution < 1.29 is 4.42 Å². The van der Waals surface area contributed by atoms with Crippen LogP contribution in [0.4, 0.5) is 0 Å². The molecule has 1 N–H and O–H groups in total. The molecule has 3 heteroatoms. The van der Waals surface area contributed by atoms with Crippen LogP contribution in [0.15, 0.2) is 16.5 Å². The zero-order chi connectivity index (χ0) is 8.27. The second-order valence-corrected chi connectivity index (χ2v) is 2.43. The van der Waals surface area contributed by atoms with Crippen molar-refractivity contribution in [2.24, 2.45) is 0 Å². The number of hydrogen-bond donors (Lipinski definition) is 1. The first-order valence-electron chi connectivity index (χ1n) is 3.45. The predicted octanol–water partition coefficient (Wildman–Crippen LogP) is 1.72. The van der Waals surface area contributed by atoms with Gasteiger partial charge in [0.2, 0.25) is 0 Å². The van der Waals surface area contributed by atoms with Crippen LogP contribution in [-0.2, 0) is 0 Å². The lowest BCUT2D eigenvalue weighted by molar-refractivity contribution is 0.440. The molecule has 1 aromatic heterocycles. The van der Waals surface area contributed by atoms with Gasteiger partial charge < -0.3 is 9.73 Å². The molecule has 1 unspecified atom stereocenters. The maximum Gasteiger partial charge on any atom is 0.177 e. The number of nitrogens with one attached hydrogen (secondary N) is 1. The Labute approximate surface area is 65.6 Å². The van der Waals surface area contributed by atoms with Crippen LogP contribution in [0, 0.1) is 18.4 Å². The third kappa shape index (κ3) is 1.74. The Morgan fingerprint density at radius 1 is 1.64 bits per heavy atom. The SMILES string of the molecule is Cc1ccc(C(C)NC#N)o1. The second kappa shape index (κ2) is 3.11. The van der Waals surface area contributed by atoms with Crippen molar-refractivity contribution in [2.75, 3.05) is 0 Å². The molecule has 0 aromatic carbocycles. The lowest BCUT2D eigenvalue weighted by atomic mass is 10.3. The van der Waals surface area contributed by atoms with Crippen LogP contribution in [0.5, 0.6) is 0 Å². The van der Waals surface area contributed by atoms with Gasteiger partial charge in [-0.3, -0.25) is 0 Å². The van der Waals surface area contributed by atoms with Gasteiger partial charge in [-0.2, -0.15) is 5.26 Å². The highest BCUT2D eigenvalue weighted by molar-refractivity contribution is 5.09. The Hall–Kier alpha value is -1.43. The summed E-state index contributed by atoms with van der Waals surface area (Å²) in [4.78, 5) is 0. The van der Waals surface area contributed by atoms with Crippen LogP contribution >= 0.6 is 0 Å². The van der Waals surface area contributed by atoms with E-state index in [1.54, 1.807) is 0 Å². The maximum atomic E-state index is 8.30.